The van der Waals surface area contributed by atoms with Crippen molar-refractivity contribution >= 4 is 20.1 Å². The van der Waals surface area contributed by atoms with Crippen molar-refractivity contribution in [1.82, 2.24) is 5.32 Å². The van der Waals surface area contributed by atoms with Gasteiger partial charge in [0.15, 0.2) is 0 Å². The van der Waals surface area contributed by atoms with Gasteiger partial charge in [-0.2, -0.15) is 0 Å². The van der Waals surface area contributed by atoms with Gasteiger partial charge in [-0.3, -0.25) is 0 Å². The Bertz CT molecular complexity index is 401. The number of rotatable bonds is 6. The first-order chi connectivity index (χ1) is 9.44. The Morgan fingerprint density at radius 2 is 1.86 bits per heavy atom. The van der Waals surface area contributed by atoms with Crippen molar-refractivity contribution in [2.75, 3.05) is 6.61 Å². The first-order valence-electron chi connectivity index (χ1n) is 7.04. The molecule has 1 amide bonds. The summed E-state index contributed by atoms with van der Waals surface area (Å²) in [6.07, 6.45) is 4.62. The highest BCUT2D eigenvalue weighted by Crippen LogP contribution is 2.09. The molecule has 0 radical (unpaired) electrons. The topological polar surface area (TPSA) is 64.6 Å². The smallest absolute Gasteiger partial charge is 0.408 e. The Labute approximate surface area is 128 Å². The molecule has 0 rings (SSSR count). The van der Waals surface area contributed by atoms with E-state index in [1.165, 1.54) is 0 Å². The first-order valence-corrected chi connectivity index (χ1v) is 10.7. The molecule has 21 heavy (non-hydrogen) atoms. The van der Waals surface area contributed by atoms with Crippen LogP contribution < -0.4 is 5.32 Å². The van der Waals surface area contributed by atoms with E-state index in [0.717, 1.165) is 6.04 Å². The standard InChI is InChI=1S/C15H27NO4Si/c1-8-9-12(16-14(18)20-15(2,3)4)13(17)19-10-11-21(5,6)7/h1,12H,9-11H2,2-7H3,(H,16,18)/t12-/m1/s1. The van der Waals surface area contributed by atoms with Crippen molar-refractivity contribution in [3.05, 3.63) is 0 Å². The first kappa shape index (κ1) is 19.5. The van der Waals surface area contributed by atoms with Gasteiger partial charge in [-0.05, 0) is 26.8 Å². The highest BCUT2D eigenvalue weighted by molar-refractivity contribution is 6.76. The number of carbonyl (C=O) groups excluding carboxylic acids is 2. The number of amides is 1. The molecule has 120 valence electrons. The lowest BCUT2D eigenvalue weighted by Gasteiger charge is -2.22. The number of hydrogen-bond acceptors (Lipinski definition) is 4. The van der Waals surface area contributed by atoms with Crippen molar-refractivity contribution in [3.8, 4) is 12.3 Å². The number of hydrogen-bond donors (Lipinski definition) is 1. The van der Waals surface area contributed by atoms with Gasteiger partial charge in [0.2, 0.25) is 0 Å². The van der Waals surface area contributed by atoms with Crippen LogP contribution in [0.5, 0.6) is 0 Å². The second kappa shape index (κ2) is 8.08. The zero-order chi connectivity index (χ0) is 16.7. The van der Waals surface area contributed by atoms with Crippen LogP contribution in [0.1, 0.15) is 27.2 Å². The van der Waals surface area contributed by atoms with Gasteiger partial charge in [-0.15, -0.1) is 12.3 Å². The molecule has 0 spiro atoms. The minimum absolute atomic E-state index is 0.0744. The van der Waals surface area contributed by atoms with Crippen LogP contribution in [0.15, 0.2) is 0 Å². The van der Waals surface area contributed by atoms with Gasteiger partial charge in [-0.1, -0.05) is 19.6 Å². The Morgan fingerprint density at radius 1 is 1.29 bits per heavy atom. The molecule has 1 N–H and O–H groups in total. The predicted molar refractivity (Wildman–Crippen MR) is 85.7 cm³/mol. The van der Waals surface area contributed by atoms with Crippen LogP contribution in [0.2, 0.25) is 25.7 Å². The summed E-state index contributed by atoms with van der Waals surface area (Å²) >= 11 is 0. The normalized spacial score (nSPS) is 13.0. The molecule has 1 atom stereocenters. The minimum atomic E-state index is -1.27. The highest BCUT2D eigenvalue weighted by atomic mass is 28.3. The predicted octanol–water partition coefficient (Wildman–Crippen LogP) is 2.78. The van der Waals surface area contributed by atoms with Gasteiger partial charge in [0.25, 0.3) is 0 Å². The third-order valence-electron chi connectivity index (χ3n) is 2.39. The van der Waals surface area contributed by atoms with Gasteiger partial charge >= 0.3 is 12.1 Å². The molecule has 0 aromatic carbocycles. The summed E-state index contributed by atoms with van der Waals surface area (Å²) in [5.41, 5.74) is -0.632. The second-order valence-corrected chi connectivity index (χ2v) is 12.7. The van der Waals surface area contributed by atoms with E-state index in [9.17, 15) is 9.59 Å². The number of carbonyl (C=O) groups is 2. The molecule has 0 fully saturated rings. The van der Waals surface area contributed by atoms with Crippen LogP contribution in [0.4, 0.5) is 4.79 Å². The molecular weight excluding hydrogens is 286 g/mol. The molecule has 0 saturated carbocycles. The van der Waals surface area contributed by atoms with Crippen LogP contribution in [0.25, 0.3) is 0 Å². The zero-order valence-electron chi connectivity index (χ0n) is 13.9. The van der Waals surface area contributed by atoms with Gasteiger partial charge < -0.3 is 14.8 Å². The van der Waals surface area contributed by atoms with E-state index in [-0.39, 0.29) is 6.42 Å². The van der Waals surface area contributed by atoms with Crippen molar-refractivity contribution in [1.29, 1.82) is 0 Å². The largest absolute Gasteiger partial charge is 0.464 e. The molecule has 0 aliphatic heterocycles. The van der Waals surface area contributed by atoms with E-state index >= 15 is 0 Å². The molecule has 0 heterocycles. The average molecular weight is 313 g/mol. The lowest BCUT2D eigenvalue weighted by Crippen LogP contribution is -2.44. The SMILES string of the molecule is C#CC[C@@H](NC(=O)OC(C)(C)C)C(=O)OCC[Si](C)(C)C. The zero-order valence-corrected chi connectivity index (χ0v) is 14.9. The molecule has 0 bridgehead atoms. The van der Waals surface area contributed by atoms with Crippen LogP contribution in [-0.2, 0) is 14.3 Å². The van der Waals surface area contributed by atoms with Crippen LogP contribution in [-0.4, -0.2) is 38.4 Å². The van der Waals surface area contributed by atoms with Crippen LogP contribution in [0.3, 0.4) is 0 Å². The fraction of sp³-hybridized carbons (Fsp3) is 0.733. The highest BCUT2D eigenvalue weighted by Gasteiger charge is 2.25. The Hall–Kier alpha value is -1.48. The van der Waals surface area contributed by atoms with E-state index in [0.29, 0.717) is 6.61 Å². The summed E-state index contributed by atoms with van der Waals surface area (Å²) in [6, 6.07) is 0.00000378. The maximum atomic E-state index is 11.9. The van der Waals surface area contributed by atoms with E-state index in [1.54, 1.807) is 20.8 Å². The lowest BCUT2D eigenvalue weighted by atomic mass is 10.2. The number of ether oxygens (including phenoxy) is 2. The summed E-state index contributed by atoms with van der Waals surface area (Å²) in [5, 5.41) is 2.46. The summed E-state index contributed by atoms with van der Waals surface area (Å²) < 4.78 is 10.3. The third-order valence-corrected chi connectivity index (χ3v) is 4.10. The van der Waals surface area contributed by atoms with E-state index in [1.807, 2.05) is 0 Å². The molecular formula is C15H27NO4Si. The Kier molecular flexibility index (Phi) is 7.51. The lowest BCUT2D eigenvalue weighted by molar-refractivity contribution is -0.145. The number of terminal acetylenes is 1. The maximum Gasteiger partial charge on any atom is 0.408 e. The van der Waals surface area contributed by atoms with Crippen molar-refractivity contribution < 1.29 is 19.1 Å². The fourth-order valence-electron chi connectivity index (χ4n) is 1.32. The van der Waals surface area contributed by atoms with E-state index < -0.39 is 31.8 Å². The molecule has 6 heteroatoms. The Balaban J connectivity index is 4.44. The fourth-order valence-corrected chi connectivity index (χ4v) is 2.03. The average Bonchev–Trinajstić information content (AvgIpc) is 2.23. The van der Waals surface area contributed by atoms with Crippen molar-refractivity contribution in [2.24, 2.45) is 0 Å². The molecule has 0 aromatic heterocycles. The van der Waals surface area contributed by atoms with Gasteiger partial charge in [0.05, 0.1) is 6.61 Å². The number of nitrogens with one attached hydrogen (secondary N) is 1. The molecule has 0 aromatic rings. The monoisotopic (exact) mass is 313 g/mol. The summed E-state index contributed by atoms with van der Waals surface area (Å²) in [6.45, 7) is 12.2. The molecule has 5 nitrogen and oxygen atoms in total. The molecule has 0 aliphatic carbocycles. The van der Waals surface area contributed by atoms with Crippen molar-refractivity contribution in [2.45, 2.75) is 64.5 Å². The third kappa shape index (κ3) is 10.9. The molecule has 0 aliphatic rings. The summed E-state index contributed by atoms with van der Waals surface area (Å²) in [5.74, 6) is 1.84. The summed E-state index contributed by atoms with van der Waals surface area (Å²) in [7, 11) is -1.27. The number of alkyl carbamates (subject to hydrolysis) is 1. The quantitative estimate of drug-likeness (QED) is 0.465. The van der Waals surface area contributed by atoms with E-state index in [2.05, 4.69) is 30.9 Å². The van der Waals surface area contributed by atoms with E-state index in [4.69, 9.17) is 15.9 Å². The number of esters is 1. The van der Waals surface area contributed by atoms with Crippen LogP contribution in [0, 0.1) is 12.3 Å². The van der Waals surface area contributed by atoms with Gasteiger partial charge in [0.1, 0.15) is 11.6 Å². The summed E-state index contributed by atoms with van der Waals surface area (Å²) in [4.78, 5) is 23.6. The molecule has 0 saturated heterocycles. The van der Waals surface area contributed by atoms with Gasteiger partial charge in [0, 0.05) is 14.5 Å². The maximum absolute atomic E-state index is 11.9. The second-order valence-electron chi connectivity index (χ2n) is 7.09. The minimum Gasteiger partial charge on any atom is -0.464 e. The van der Waals surface area contributed by atoms with Gasteiger partial charge in [-0.25, -0.2) is 9.59 Å². The van der Waals surface area contributed by atoms with Crippen molar-refractivity contribution in [3.63, 3.8) is 0 Å². The molecule has 0 unspecified atom stereocenters. The Morgan fingerprint density at radius 3 is 2.29 bits per heavy atom. The van der Waals surface area contributed by atoms with Crippen LogP contribution >= 0.6 is 0 Å².